The molecule has 0 radical (unpaired) electrons. The van der Waals surface area contributed by atoms with Gasteiger partial charge in [0, 0.05) is 30.1 Å². The van der Waals surface area contributed by atoms with Crippen LogP contribution in [0.1, 0.15) is 24.9 Å². The molecule has 3 N–H and O–H groups in total. The third-order valence-corrected chi connectivity index (χ3v) is 1.69. The van der Waals surface area contributed by atoms with Gasteiger partial charge >= 0.3 is 0 Å². The smallest absolute Gasteiger partial charge is 0.186 e. The molecule has 1 atom stereocenters. The van der Waals surface area contributed by atoms with Gasteiger partial charge in [0.1, 0.15) is 0 Å². The molecule has 0 saturated carbocycles. The first-order valence-corrected chi connectivity index (χ1v) is 3.68. The van der Waals surface area contributed by atoms with Crippen molar-refractivity contribution in [3.63, 3.8) is 0 Å². The summed E-state index contributed by atoms with van der Waals surface area (Å²) in [6.07, 6.45) is 4.05. The van der Waals surface area contributed by atoms with Crippen LogP contribution in [0.3, 0.4) is 0 Å². The Labute approximate surface area is 65.2 Å². The Kier molecular flexibility index (Phi) is 2.44. The molecule has 0 amide bonds. The number of hydrogen-bond donors (Lipinski definition) is 2. The average molecular weight is 152 g/mol. The molecule has 3 nitrogen and oxygen atoms in total. The highest BCUT2D eigenvalue weighted by Gasteiger charge is 2.05. The standard InChI is InChI=1S/C8H12N2O/c1-2-7(9)6-5-10-4-3-8(6)11/h3-5,7H,2,9H2,1H3,(H,10,11). The normalized spacial score (nSPS) is 12.9. The molecule has 1 aromatic heterocycles. The Balaban J connectivity index is 3.03. The van der Waals surface area contributed by atoms with Crippen LogP contribution >= 0.6 is 0 Å². The van der Waals surface area contributed by atoms with Crippen LogP contribution in [-0.4, -0.2) is 4.98 Å². The monoisotopic (exact) mass is 152 g/mol. The zero-order chi connectivity index (χ0) is 8.27. The number of nitrogens with one attached hydrogen (secondary N) is 1. The van der Waals surface area contributed by atoms with Crippen LogP contribution in [0.15, 0.2) is 23.3 Å². The molecule has 0 aromatic carbocycles. The second-order valence-electron chi connectivity index (χ2n) is 2.48. The van der Waals surface area contributed by atoms with Gasteiger partial charge in [-0.3, -0.25) is 4.79 Å². The number of aromatic nitrogens is 1. The Morgan fingerprint density at radius 2 is 2.45 bits per heavy atom. The molecule has 60 valence electrons. The molecule has 1 unspecified atom stereocenters. The number of rotatable bonds is 2. The predicted octanol–water partition coefficient (Wildman–Crippen LogP) is 0.785. The van der Waals surface area contributed by atoms with Crippen molar-refractivity contribution < 1.29 is 0 Å². The van der Waals surface area contributed by atoms with Crippen LogP contribution in [0.2, 0.25) is 0 Å². The number of nitrogens with two attached hydrogens (primary N) is 1. The zero-order valence-corrected chi connectivity index (χ0v) is 6.50. The lowest BCUT2D eigenvalue weighted by Gasteiger charge is -2.05. The topological polar surface area (TPSA) is 58.9 Å². The van der Waals surface area contributed by atoms with E-state index in [0.717, 1.165) is 6.42 Å². The van der Waals surface area contributed by atoms with Crippen molar-refractivity contribution in [1.82, 2.24) is 4.98 Å². The average Bonchev–Trinajstić information content (AvgIpc) is 2.04. The van der Waals surface area contributed by atoms with Gasteiger partial charge < -0.3 is 10.7 Å². The molecular formula is C8H12N2O. The molecule has 0 bridgehead atoms. The van der Waals surface area contributed by atoms with Gasteiger partial charge in [0.2, 0.25) is 0 Å². The molecule has 11 heavy (non-hydrogen) atoms. The van der Waals surface area contributed by atoms with E-state index in [1.165, 1.54) is 6.07 Å². The van der Waals surface area contributed by atoms with Gasteiger partial charge in [-0.15, -0.1) is 0 Å². The minimum atomic E-state index is -0.139. The van der Waals surface area contributed by atoms with Gasteiger partial charge in [-0.2, -0.15) is 0 Å². The molecule has 1 heterocycles. The molecule has 1 rings (SSSR count). The fraction of sp³-hybridized carbons (Fsp3) is 0.375. The summed E-state index contributed by atoms with van der Waals surface area (Å²) in [7, 11) is 0. The molecule has 3 heteroatoms. The quantitative estimate of drug-likeness (QED) is 0.658. The first-order chi connectivity index (χ1) is 5.25. The van der Waals surface area contributed by atoms with E-state index in [2.05, 4.69) is 4.98 Å². The molecule has 0 aliphatic rings. The Morgan fingerprint density at radius 1 is 1.73 bits per heavy atom. The Hall–Kier alpha value is -1.09. The van der Waals surface area contributed by atoms with E-state index in [9.17, 15) is 4.79 Å². The van der Waals surface area contributed by atoms with Crippen molar-refractivity contribution in [2.45, 2.75) is 19.4 Å². The van der Waals surface area contributed by atoms with E-state index >= 15 is 0 Å². The molecule has 0 spiro atoms. The van der Waals surface area contributed by atoms with Crippen LogP contribution in [0.5, 0.6) is 0 Å². The molecule has 0 fully saturated rings. The molecule has 0 aliphatic heterocycles. The zero-order valence-electron chi connectivity index (χ0n) is 6.50. The first-order valence-electron chi connectivity index (χ1n) is 3.68. The van der Waals surface area contributed by atoms with E-state index in [-0.39, 0.29) is 11.5 Å². The van der Waals surface area contributed by atoms with E-state index in [1.807, 2.05) is 6.92 Å². The predicted molar refractivity (Wildman–Crippen MR) is 44.3 cm³/mol. The van der Waals surface area contributed by atoms with Gasteiger partial charge in [-0.05, 0) is 6.42 Å². The third kappa shape index (κ3) is 1.68. The van der Waals surface area contributed by atoms with Crippen molar-refractivity contribution in [3.8, 4) is 0 Å². The summed E-state index contributed by atoms with van der Waals surface area (Å²) in [5.41, 5.74) is 6.35. The maximum Gasteiger partial charge on any atom is 0.186 e. The van der Waals surface area contributed by atoms with Crippen LogP contribution in [0.4, 0.5) is 0 Å². The summed E-state index contributed by atoms with van der Waals surface area (Å²) in [4.78, 5) is 14.0. The van der Waals surface area contributed by atoms with Gasteiger partial charge in [0.25, 0.3) is 0 Å². The second-order valence-corrected chi connectivity index (χ2v) is 2.48. The highest BCUT2D eigenvalue weighted by molar-refractivity contribution is 5.13. The summed E-state index contributed by atoms with van der Waals surface area (Å²) in [6, 6.07) is 1.35. The van der Waals surface area contributed by atoms with Crippen LogP contribution in [0, 0.1) is 0 Å². The van der Waals surface area contributed by atoms with Crippen molar-refractivity contribution >= 4 is 0 Å². The lowest BCUT2D eigenvalue weighted by molar-refractivity contribution is 0.690. The van der Waals surface area contributed by atoms with Crippen molar-refractivity contribution in [1.29, 1.82) is 0 Å². The summed E-state index contributed by atoms with van der Waals surface area (Å²) < 4.78 is 0. The molecule has 1 aromatic rings. The van der Waals surface area contributed by atoms with E-state index < -0.39 is 0 Å². The van der Waals surface area contributed by atoms with Crippen LogP contribution in [-0.2, 0) is 0 Å². The highest BCUT2D eigenvalue weighted by atomic mass is 16.1. The SMILES string of the molecule is CCC(N)c1c[nH]ccc1=O. The molecular weight excluding hydrogens is 140 g/mol. The third-order valence-electron chi connectivity index (χ3n) is 1.69. The van der Waals surface area contributed by atoms with E-state index in [1.54, 1.807) is 12.4 Å². The molecule has 0 saturated heterocycles. The number of pyridine rings is 1. The first kappa shape index (κ1) is 8.01. The van der Waals surface area contributed by atoms with Crippen molar-refractivity contribution in [2.75, 3.05) is 0 Å². The second kappa shape index (κ2) is 3.34. The maximum atomic E-state index is 11.1. The van der Waals surface area contributed by atoms with Crippen molar-refractivity contribution in [2.24, 2.45) is 5.73 Å². The highest BCUT2D eigenvalue weighted by Crippen LogP contribution is 2.05. The fourth-order valence-corrected chi connectivity index (χ4v) is 0.939. The van der Waals surface area contributed by atoms with Gasteiger partial charge in [-0.25, -0.2) is 0 Å². The van der Waals surface area contributed by atoms with Crippen LogP contribution in [0.25, 0.3) is 0 Å². The lowest BCUT2D eigenvalue weighted by atomic mass is 10.1. The van der Waals surface area contributed by atoms with Gasteiger partial charge in [-0.1, -0.05) is 6.92 Å². The van der Waals surface area contributed by atoms with Gasteiger partial charge in [0.15, 0.2) is 5.43 Å². The van der Waals surface area contributed by atoms with Crippen LogP contribution < -0.4 is 11.2 Å². The number of hydrogen-bond acceptors (Lipinski definition) is 2. The fourth-order valence-electron chi connectivity index (χ4n) is 0.939. The van der Waals surface area contributed by atoms with Gasteiger partial charge in [0.05, 0.1) is 0 Å². The Bertz CT molecular complexity index is 279. The maximum absolute atomic E-state index is 11.1. The molecule has 0 aliphatic carbocycles. The minimum absolute atomic E-state index is 0.0121. The summed E-state index contributed by atoms with van der Waals surface area (Å²) in [5.74, 6) is 0. The van der Waals surface area contributed by atoms with E-state index in [4.69, 9.17) is 5.73 Å². The summed E-state index contributed by atoms with van der Waals surface area (Å²) >= 11 is 0. The summed E-state index contributed by atoms with van der Waals surface area (Å²) in [5, 5.41) is 0. The van der Waals surface area contributed by atoms with E-state index in [0.29, 0.717) is 5.56 Å². The lowest BCUT2D eigenvalue weighted by Crippen LogP contribution is -2.18. The number of aromatic amines is 1. The van der Waals surface area contributed by atoms with Crippen molar-refractivity contribution in [3.05, 3.63) is 34.2 Å². The Morgan fingerprint density at radius 3 is 3.00 bits per heavy atom. The summed E-state index contributed by atoms with van der Waals surface area (Å²) in [6.45, 7) is 1.96. The number of H-pyrrole nitrogens is 1. The minimum Gasteiger partial charge on any atom is -0.367 e. The largest absolute Gasteiger partial charge is 0.367 e.